The molecule has 1 rings (SSSR count). The molecule has 0 amide bonds. The average molecular weight is 101 g/mol. The Morgan fingerprint density at radius 3 is 2.71 bits per heavy atom. The van der Waals surface area contributed by atoms with Gasteiger partial charge in [0.15, 0.2) is 0 Å². The van der Waals surface area contributed by atoms with Crippen molar-refractivity contribution in [1.82, 2.24) is 5.06 Å². The lowest BCUT2D eigenvalue weighted by molar-refractivity contribution is -0.150. The molecule has 0 aliphatic carbocycles. The van der Waals surface area contributed by atoms with Gasteiger partial charge in [0.2, 0.25) is 0 Å². The van der Waals surface area contributed by atoms with E-state index < -0.39 is 0 Å². The van der Waals surface area contributed by atoms with Crippen LogP contribution in [0.2, 0.25) is 0 Å². The second-order valence-electron chi connectivity index (χ2n) is 1.65. The topological polar surface area (TPSA) is 29.3 Å². The summed E-state index contributed by atoms with van der Waals surface area (Å²) in [6, 6.07) is 0.449. The number of nitrogens with zero attached hydrogens (tertiary/aromatic N) is 1. The highest BCUT2D eigenvalue weighted by Gasteiger charge is 2.30. The number of rotatable bonds is 2. The van der Waals surface area contributed by atoms with Crippen molar-refractivity contribution in [1.29, 1.82) is 0 Å². The summed E-state index contributed by atoms with van der Waals surface area (Å²) in [7, 11) is 0. The smallest absolute Gasteiger partial charge is 0.313 e. The van der Waals surface area contributed by atoms with E-state index in [0.717, 1.165) is 6.54 Å². The van der Waals surface area contributed by atoms with E-state index in [0.29, 0.717) is 12.5 Å². The summed E-state index contributed by atoms with van der Waals surface area (Å²) < 4.78 is 0. The quantitative estimate of drug-likeness (QED) is 0.355. The van der Waals surface area contributed by atoms with Gasteiger partial charge in [-0.2, -0.15) is 0 Å². The Bertz CT molecular complexity index is 83.8. The fraction of sp³-hybridized carbons (Fsp3) is 0.750. The maximum atomic E-state index is 9.54. The lowest BCUT2D eigenvalue weighted by Crippen LogP contribution is -1.97. The van der Waals surface area contributed by atoms with E-state index in [9.17, 15) is 4.79 Å². The molecular weight excluding hydrogens is 94.0 g/mol. The number of hydrogen-bond donors (Lipinski definition) is 0. The minimum Gasteiger partial charge on any atom is -0.370 e. The Hall–Kier alpha value is -0.570. The molecule has 2 atom stereocenters. The molecule has 1 aliphatic rings. The second kappa shape index (κ2) is 1.50. The zero-order valence-corrected chi connectivity index (χ0v) is 4.13. The molecule has 1 aliphatic heterocycles. The molecule has 0 radical (unpaired) electrons. The molecule has 1 heterocycles. The highest BCUT2D eigenvalue weighted by Crippen LogP contribution is 2.13. The van der Waals surface area contributed by atoms with Crippen molar-refractivity contribution in [3.8, 4) is 0 Å². The summed E-state index contributed by atoms with van der Waals surface area (Å²) >= 11 is 0. The van der Waals surface area contributed by atoms with Gasteiger partial charge in [-0.05, 0) is 6.92 Å². The zero-order chi connectivity index (χ0) is 5.28. The van der Waals surface area contributed by atoms with Crippen LogP contribution in [0.5, 0.6) is 0 Å². The van der Waals surface area contributed by atoms with Gasteiger partial charge in [-0.15, -0.1) is 5.06 Å². The van der Waals surface area contributed by atoms with E-state index in [1.165, 1.54) is 0 Å². The first-order valence-corrected chi connectivity index (χ1v) is 2.21. The van der Waals surface area contributed by atoms with Gasteiger partial charge in [0.1, 0.15) is 0 Å². The fourth-order valence-electron chi connectivity index (χ4n) is 0.415. The van der Waals surface area contributed by atoms with Crippen molar-refractivity contribution in [2.75, 3.05) is 6.54 Å². The summed E-state index contributed by atoms with van der Waals surface area (Å²) in [5.41, 5.74) is 0. The van der Waals surface area contributed by atoms with E-state index in [4.69, 9.17) is 0 Å². The van der Waals surface area contributed by atoms with Gasteiger partial charge in [-0.1, -0.05) is 0 Å². The standard InChI is InChI=1S/C4H7NO2/c1-4-2-5(4)7-3-6/h3-4H,2H2,1H3. The summed E-state index contributed by atoms with van der Waals surface area (Å²) in [5.74, 6) is 0. The predicted molar refractivity (Wildman–Crippen MR) is 23.3 cm³/mol. The van der Waals surface area contributed by atoms with E-state index in [1.54, 1.807) is 5.06 Å². The Morgan fingerprint density at radius 2 is 2.57 bits per heavy atom. The van der Waals surface area contributed by atoms with Gasteiger partial charge < -0.3 is 4.84 Å². The monoisotopic (exact) mass is 101 g/mol. The number of carbonyl (C=O) groups is 1. The molecule has 0 aromatic heterocycles. The lowest BCUT2D eigenvalue weighted by atomic mass is 10.6. The Labute approximate surface area is 41.8 Å². The van der Waals surface area contributed by atoms with Crippen molar-refractivity contribution >= 4 is 6.47 Å². The molecule has 0 spiro atoms. The molecule has 3 nitrogen and oxygen atoms in total. The molecule has 0 bridgehead atoms. The van der Waals surface area contributed by atoms with Crippen molar-refractivity contribution in [3.63, 3.8) is 0 Å². The Morgan fingerprint density at radius 1 is 2.00 bits per heavy atom. The first-order chi connectivity index (χ1) is 3.34. The summed E-state index contributed by atoms with van der Waals surface area (Å²) in [6.07, 6.45) is 0. The number of carbonyl (C=O) groups excluding carboxylic acids is 1. The highest BCUT2D eigenvalue weighted by molar-refractivity contribution is 5.36. The molecule has 1 fully saturated rings. The second-order valence-corrected chi connectivity index (χ2v) is 1.65. The van der Waals surface area contributed by atoms with Crippen LogP contribution in [0.4, 0.5) is 0 Å². The van der Waals surface area contributed by atoms with Crippen LogP contribution in [0.15, 0.2) is 0 Å². The Balaban J connectivity index is 2.08. The van der Waals surface area contributed by atoms with Crippen LogP contribution in [0.3, 0.4) is 0 Å². The number of hydrogen-bond acceptors (Lipinski definition) is 3. The molecule has 2 unspecified atom stereocenters. The van der Waals surface area contributed by atoms with E-state index >= 15 is 0 Å². The van der Waals surface area contributed by atoms with Gasteiger partial charge in [-0.25, -0.2) is 0 Å². The molecule has 0 aromatic rings. The third-order valence-corrected chi connectivity index (χ3v) is 0.981. The number of hydroxylamine groups is 2. The lowest BCUT2D eigenvalue weighted by Gasteiger charge is -1.90. The summed E-state index contributed by atoms with van der Waals surface area (Å²) in [5, 5.41) is 1.60. The van der Waals surface area contributed by atoms with Gasteiger partial charge in [0.05, 0.1) is 12.6 Å². The minimum absolute atomic E-state index is 0.448. The van der Waals surface area contributed by atoms with Crippen molar-refractivity contribution < 1.29 is 9.63 Å². The van der Waals surface area contributed by atoms with Crippen molar-refractivity contribution in [3.05, 3.63) is 0 Å². The minimum atomic E-state index is 0.448. The molecule has 0 N–H and O–H groups in total. The van der Waals surface area contributed by atoms with Crippen LogP contribution in [0.1, 0.15) is 6.92 Å². The van der Waals surface area contributed by atoms with E-state index in [2.05, 4.69) is 4.84 Å². The third kappa shape index (κ3) is 0.899. The predicted octanol–water partition coefficient (Wildman–Crippen LogP) is -0.222. The molecule has 7 heavy (non-hydrogen) atoms. The first-order valence-electron chi connectivity index (χ1n) is 2.21. The van der Waals surface area contributed by atoms with Crippen molar-refractivity contribution in [2.45, 2.75) is 13.0 Å². The maximum absolute atomic E-state index is 9.54. The van der Waals surface area contributed by atoms with Gasteiger partial charge in [-0.3, -0.25) is 4.79 Å². The first kappa shape index (κ1) is 4.59. The van der Waals surface area contributed by atoms with Crippen LogP contribution in [0.25, 0.3) is 0 Å². The van der Waals surface area contributed by atoms with Gasteiger partial charge in [0, 0.05) is 0 Å². The van der Waals surface area contributed by atoms with E-state index in [-0.39, 0.29) is 0 Å². The van der Waals surface area contributed by atoms with Crippen LogP contribution in [-0.4, -0.2) is 24.1 Å². The average Bonchev–Trinajstić information content (AvgIpc) is 2.22. The van der Waals surface area contributed by atoms with E-state index in [1.807, 2.05) is 6.92 Å². The van der Waals surface area contributed by atoms with Crippen LogP contribution < -0.4 is 0 Å². The fourth-order valence-corrected chi connectivity index (χ4v) is 0.415. The SMILES string of the molecule is CC1CN1OC=O. The third-order valence-electron chi connectivity index (χ3n) is 0.981. The molecule has 1 saturated heterocycles. The van der Waals surface area contributed by atoms with Crippen LogP contribution in [-0.2, 0) is 9.63 Å². The van der Waals surface area contributed by atoms with Crippen LogP contribution in [0, 0.1) is 0 Å². The Kier molecular flexibility index (Phi) is 0.982. The summed E-state index contributed by atoms with van der Waals surface area (Å²) in [4.78, 5) is 14.0. The largest absolute Gasteiger partial charge is 0.370 e. The summed E-state index contributed by atoms with van der Waals surface area (Å²) in [6.45, 7) is 3.33. The highest BCUT2D eigenvalue weighted by atomic mass is 16.7. The van der Waals surface area contributed by atoms with Gasteiger partial charge in [0.25, 0.3) is 0 Å². The van der Waals surface area contributed by atoms with Crippen LogP contribution >= 0.6 is 0 Å². The normalized spacial score (nSPS) is 37.3. The molecule has 0 saturated carbocycles. The molecule has 3 heteroatoms. The molecule has 0 aromatic carbocycles. The maximum Gasteiger partial charge on any atom is 0.313 e. The van der Waals surface area contributed by atoms with Gasteiger partial charge >= 0.3 is 6.47 Å². The molecular formula is C4H7NO2. The van der Waals surface area contributed by atoms with Crippen molar-refractivity contribution in [2.24, 2.45) is 0 Å². The zero-order valence-electron chi connectivity index (χ0n) is 4.13. The molecule has 40 valence electrons.